The van der Waals surface area contributed by atoms with Crippen molar-refractivity contribution in [2.24, 2.45) is 23.1 Å². The number of Topliss-reactive ketones (excluding diaryl/α,β-unsaturated/α-hetero) is 2. The average Bonchev–Trinajstić information content (AvgIpc) is 1.69. The van der Waals surface area contributed by atoms with Crippen LogP contribution in [0.15, 0.2) is 72.9 Å². The number of nitrogen functional groups attached to an aromatic ring is 1. The number of hydrogen-bond acceptors (Lipinski definition) is 25. The molecule has 44 heteroatoms. The number of aromatic nitrogens is 1. The van der Waals surface area contributed by atoms with Crippen LogP contribution in [0.5, 0.6) is 0 Å². The fourth-order valence-corrected chi connectivity index (χ4v) is 11.8. The number of aliphatic hydroxyl groups excluding tert-OH is 2. The van der Waals surface area contributed by atoms with Crippen LogP contribution in [0.4, 0.5) is 5.69 Å². The first-order valence-electron chi connectivity index (χ1n) is 39.1. The first kappa shape index (κ1) is 93.8. The molecule has 0 radical (unpaired) electrons. The molecule has 0 saturated carbocycles. The van der Waals surface area contributed by atoms with Crippen LogP contribution in [0.1, 0.15) is 153 Å². The van der Waals surface area contributed by atoms with Crippen LogP contribution < -0.4 is 86.7 Å². The molecule has 0 unspecified atom stereocenters. The second-order valence-electron chi connectivity index (χ2n) is 28.0. The zero-order chi connectivity index (χ0) is 92.4. The van der Waals surface area contributed by atoms with Gasteiger partial charge < -0.3 is 127 Å². The molecule has 13 atom stereocenters. The van der Waals surface area contributed by atoms with Crippen molar-refractivity contribution in [3.63, 3.8) is 0 Å². The molecule has 3 aromatic carbocycles. The summed E-state index contributed by atoms with van der Waals surface area (Å²) in [5, 5.41) is 88.2. The summed E-state index contributed by atoms with van der Waals surface area (Å²) in [5.74, 6) is -29.9. The summed E-state index contributed by atoms with van der Waals surface area (Å²) in [7, 11) is 0. The van der Waals surface area contributed by atoms with E-state index < -0.39 is 273 Å². The molecular weight excluding hydrogens is 1580 g/mol. The number of nitrogens with one attached hydrogen (secondary N) is 13. The monoisotopic (exact) mass is 1690 g/mol. The molecule has 4 rings (SSSR count). The van der Waals surface area contributed by atoms with Gasteiger partial charge in [-0.1, -0.05) is 75.9 Å². The number of anilines is 1. The van der Waals surface area contributed by atoms with Gasteiger partial charge in [-0.05, 0) is 93.5 Å². The molecule has 13 amide bonds. The summed E-state index contributed by atoms with van der Waals surface area (Å²) < 4.78 is 26.0. The molecule has 0 spiro atoms. The van der Waals surface area contributed by atoms with E-state index in [1.54, 1.807) is 36.4 Å². The molecule has 0 saturated heterocycles. The number of carbonyl (C=O) groups is 20. The van der Waals surface area contributed by atoms with Gasteiger partial charge in [0.05, 0.1) is 69.6 Å². The zero-order valence-electron chi connectivity index (χ0n) is 68.8. The number of H-pyrrole nitrogens is 1. The van der Waals surface area contributed by atoms with Gasteiger partial charge >= 0.3 is 29.8 Å². The van der Waals surface area contributed by atoms with Crippen molar-refractivity contribution in [1.82, 2.24) is 68.8 Å². The Bertz CT molecular complexity index is 4540. The number of carbonyl (C=O) groups excluding carboxylic acids is 15. The number of rotatable bonds is 54. The van der Waals surface area contributed by atoms with E-state index in [0.29, 0.717) is 28.2 Å². The third kappa shape index (κ3) is 32.6. The number of hydrogen-bond donors (Lipinski definition) is 24. The minimum absolute atomic E-state index is 0.0170. The van der Waals surface area contributed by atoms with Crippen LogP contribution in [0.25, 0.3) is 10.9 Å². The van der Waals surface area contributed by atoms with Gasteiger partial charge in [0.1, 0.15) is 60.4 Å². The highest BCUT2D eigenvalue weighted by molar-refractivity contribution is 6.12. The van der Waals surface area contributed by atoms with E-state index >= 15 is 0 Å². The Labute approximate surface area is 689 Å². The lowest BCUT2D eigenvalue weighted by Gasteiger charge is -2.26. The summed E-state index contributed by atoms with van der Waals surface area (Å²) >= 11 is 0. The number of para-hydroxylation sites is 2. The van der Waals surface area contributed by atoms with Crippen molar-refractivity contribution in [3.05, 3.63) is 101 Å². The maximum absolute atomic E-state index is 14.5. The first-order chi connectivity index (χ1) is 57.8. The number of carboxylic acid groups (broad SMARTS) is 5. The lowest BCUT2D eigenvalue weighted by Crippen LogP contribution is -2.61. The van der Waals surface area contributed by atoms with Crippen molar-refractivity contribution < 1.29 is 136 Å². The molecule has 44 nitrogen and oxygen atoms in total. The van der Waals surface area contributed by atoms with E-state index in [4.69, 9.17) is 27.2 Å². The minimum atomic E-state index is -2.41. The van der Waals surface area contributed by atoms with Crippen LogP contribution in [-0.4, -0.2) is 258 Å². The number of primary amides is 1. The molecule has 654 valence electrons. The van der Waals surface area contributed by atoms with Gasteiger partial charge in [-0.25, -0.2) is 0 Å². The number of ketones is 2. The van der Waals surface area contributed by atoms with Gasteiger partial charge in [0.2, 0.25) is 70.9 Å². The highest BCUT2D eigenvalue weighted by Crippen LogP contribution is 2.25. The maximum atomic E-state index is 14.5. The van der Waals surface area contributed by atoms with Crippen LogP contribution in [-0.2, 0) is 94.3 Å². The third-order valence-corrected chi connectivity index (χ3v) is 18.3. The number of nitrogens with two attached hydrogens (primary N) is 4. The SMILES string of the molecule is [2H]N(CC(=O)N[C@@H](CO)C(=O)N[C@H](C(=O)c1cccc(C(=O)C[C@H](N)C(=O)O)c1N)[C@H](C)CC(=O)O)C(=O)[C@H](CC(=O)O)NC(=O)[C@H](C)NC(=O)[C@H](CC(=O)O)N([2H])C(=O)[C@H](CCCN)NC(=O)CNC(=O)[C@@H](NC(=O)[C@H](CC(=O)O)NC(=O)[C@H](CC(N)=O)NC(=O)[C@H](Cc1c[nH]c2ccccc12)N([2H])C(=O)c1ccc(CCCCCCC)cc1)[C@@H](C)O. The number of aryl methyl sites for hydroxylation is 1. The third-order valence-electron chi connectivity index (χ3n) is 18.3. The van der Waals surface area contributed by atoms with E-state index in [1.807, 2.05) is 26.6 Å². The van der Waals surface area contributed by atoms with E-state index in [-0.39, 0.29) is 41.1 Å². The maximum Gasteiger partial charge on any atom is 0.320 e. The van der Waals surface area contributed by atoms with Crippen LogP contribution in [0.2, 0.25) is 4.24 Å². The van der Waals surface area contributed by atoms with Crippen molar-refractivity contribution >= 4 is 135 Å². The molecule has 0 fully saturated rings. The summed E-state index contributed by atoms with van der Waals surface area (Å²) in [5.41, 5.74) is 23.4. The Hall–Kier alpha value is -13.4. The summed E-state index contributed by atoms with van der Waals surface area (Å²) in [4.78, 5) is 268. The minimum Gasteiger partial charge on any atom is -0.481 e. The van der Waals surface area contributed by atoms with Crippen LogP contribution in [0, 0.1) is 5.92 Å². The predicted octanol–water partition coefficient (Wildman–Crippen LogP) is -5.39. The number of aliphatic carboxylic acids is 5. The fourth-order valence-electron chi connectivity index (χ4n) is 11.8. The average molecular weight is 1690 g/mol. The first-order valence-corrected chi connectivity index (χ1v) is 37.7. The molecular formula is C76H103N17O27. The second kappa shape index (κ2) is 49.0. The number of aliphatic hydroxyl groups is 2. The summed E-state index contributed by atoms with van der Waals surface area (Å²) in [6.45, 7) is 1.03. The van der Waals surface area contributed by atoms with Gasteiger partial charge in [-0.3, -0.25) is 95.9 Å². The standard InChI is InChI=1S/C76H103N17O27/c1-5-6-7-8-9-14-39-20-22-40(23-21-39)67(110)88-48(26-41-32-81-46-18-11-10-15-42(41)46)71(114)89-49(28-55(79)97)72(115)91-52(31-61(106)107)73(116)93-64(38(4)95)75(118)83-34-56(98)85-47(19-13-24-77)69(112)90-51(30-60(104)105)70(113)84-37(3)66(109)87-50(29-59(102)103)68(111)82-33-57(99)86-53(35-94)74(117)92-63(36(2)25-58(100)101)65(108)44-17-12-16-43(62(44)80)54(96)27-45(78)76(119)120/h10-12,15-18,20-23,32,36-38,45,47-53,63-64,81,94-95H,5-9,13-14,19,24-31,33-35,77-78,80H2,1-4H3,(H2,79,97)(H,82,111)(H,83,118)(H,84,113)(H,85,98)(H,86,99)(H,87,109)(H,88,110)(H,89,114)(H,90,112)(H,91,115)(H,92,117)(H,93,116)(H,100,101)(H,102,103)(H,104,105)(H,106,107)(H,119,120)/t36-,37+,38-,45+,47+,48+,49+,50+,51+,52+,53+,63+,64+/m1/s1/i/hD3. The molecule has 0 aliphatic heterocycles. The lowest BCUT2D eigenvalue weighted by molar-refractivity contribution is -0.142. The Kier molecular flexibility index (Phi) is 38.3. The van der Waals surface area contributed by atoms with Crippen LogP contribution in [0.3, 0.4) is 0 Å². The molecule has 28 N–H and O–H groups in total. The molecule has 0 aliphatic rings. The highest BCUT2D eigenvalue weighted by Gasteiger charge is 2.39. The molecule has 4 aromatic rings. The van der Waals surface area contributed by atoms with Crippen molar-refractivity contribution in [1.29, 1.82) is 0 Å². The van der Waals surface area contributed by atoms with Crippen LogP contribution >= 0.6 is 0 Å². The number of fused-ring (bicyclic) bond motifs is 1. The zero-order valence-corrected chi connectivity index (χ0v) is 65.8. The van der Waals surface area contributed by atoms with Gasteiger partial charge in [0.15, 0.2) is 15.8 Å². The van der Waals surface area contributed by atoms with E-state index in [9.17, 15) is 132 Å². The van der Waals surface area contributed by atoms with Gasteiger partial charge in [-0.2, -0.15) is 0 Å². The van der Waals surface area contributed by atoms with Gasteiger partial charge in [-0.15, -0.1) is 0 Å². The van der Waals surface area contributed by atoms with Crippen molar-refractivity contribution in [2.45, 2.75) is 197 Å². The Morgan fingerprint density at radius 1 is 0.508 bits per heavy atom. The second-order valence-corrected chi connectivity index (χ2v) is 28.0. The topological polar surface area (TPSA) is 747 Å². The molecule has 120 heavy (non-hydrogen) atoms. The quantitative estimate of drug-likeness (QED) is 0.0111. The lowest BCUT2D eigenvalue weighted by atomic mass is 9.88. The predicted molar refractivity (Wildman–Crippen MR) is 420 cm³/mol. The normalized spacial score (nSPS) is 14.6. The van der Waals surface area contributed by atoms with Crippen molar-refractivity contribution in [2.75, 3.05) is 32.0 Å². The smallest absolute Gasteiger partial charge is 0.320 e. The highest BCUT2D eigenvalue weighted by atomic mass is 16.4. The molecule has 1 aromatic heterocycles. The van der Waals surface area contributed by atoms with Crippen molar-refractivity contribution in [3.8, 4) is 0 Å². The van der Waals surface area contributed by atoms with E-state index in [2.05, 4.69) is 33.2 Å². The van der Waals surface area contributed by atoms with Gasteiger partial charge in [0, 0.05) is 46.6 Å². The number of benzene rings is 3. The summed E-state index contributed by atoms with van der Waals surface area (Å²) in [6, 6.07) is -5.71. The molecule has 0 bridgehead atoms. The Morgan fingerprint density at radius 2 is 1.04 bits per heavy atom. The van der Waals surface area contributed by atoms with E-state index in [0.717, 1.165) is 69.7 Å². The number of unbranched alkanes of at least 4 members (excludes halogenated alkanes) is 4. The summed E-state index contributed by atoms with van der Waals surface area (Å²) in [6.07, 6.45) is -2.21. The molecule has 1 heterocycles. The fraction of sp³-hybridized carbons (Fsp3) is 0.474. The van der Waals surface area contributed by atoms with E-state index in [1.165, 1.54) is 25.3 Å². The number of carboxylic acids is 5. The number of aromatic amines is 1. The number of amides is 13. The van der Waals surface area contributed by atoms with Gasteiger partial charge in [0.25, 0.3) is 5.91 Å². The molecule has 0 aliphatic carbocycles. The Morgan fingerprint density at radius 3 is 1.63 bits per heavy atom. The Balaban J connectivity index is 1.45. The largest absolute Gasteiger partial charge is 0.481 e.